The first kappa shape index (κ1) is 79.5. The highest BCUT2D eigenvalue weighted by molar-refractivity contribution is 5.82. The molecule has 27 nitrogen and oxygen atoms in total. The summed E-state index contributed by atoms with van der Waals surface area (Å²) in [7, 11) is 0. The van der Waals surface area contributed by atoms with Crippen molar-refractivity contribution in [2.24, 2.45) is 27.1 Å². The Bertz CT molecular complexity index is 1500. The quantitative estimate of drug-likeness (QED) is 0.0253. The standard InChI is InChI=1S/C54H108O27/c1-2-77-44(75)54(47(7-23-59,8-24-60)51(15-31-67,16-32-68)79-40-36-72,48(9-25-61,10-26-62)52(17-33-69,18-34-70)80-41-37-73)49(11-27-63,12-28-64)53(81-42-38-74,43-45(76,3-19-55)4-20-56)46(5-21-57,6-22-58)50(13-29-65,14-30-66)78-39-35-71/h55-74,76H,2-43H2,1H3. The molecule has 1 unspecified atom stereocenters. The molecule has 0 aromatic rings. The minimum atomic E-state index is -3.43. The van der Waals surface area contributed by atoms with E-state index in [0.717, 1.165) is 0 Å². The van der Waals surface area contributed by atoms with Gasteiger partial charge in [-0.3, -0.25) is 4.79 Å². The largest absolute Gasteiger partial charge is 0.466 e. The van der Waals surface area contributed by atoms with Gasteiger partial charge >= 0.3 is 5.97 Å². The van der Waals surface area contributed by atoms with Crippen LogP contribution in [0.2, 0.25) is 0 Å². The van der Waals surface area contributed by atoms with Gasteiger partial charge in [0.25, 0.3) is 0 Å². The lowest BCUT2D eigenvalue weighted by molar-refractivity contribution is -0.390. The highest BCUT2D eigenvalue weighted by Gasteiger charge is 2.88. The number of ether oxygens (including phenoxy) is 5. The zero-order valence-electron chi connectivity index (χ0n) is 48.0. The maximum Gasteiger partial charge on any atom is 0.314 e. The molecule has 0 aromatic carbocycles. The van der Waals surface area contributed by atoms with Crippen molar-refractivity contribution in [1.82, 2.24) is 0 Å². The lowest BCUT2D eigenvalue weighted by Crippen LogP contribution is -2.85. The van der Waals surface area contributed by atoms with Gasteiger partial charge in [0.15, 0.2) is 0 Å². The van der Waals surface area contributed by atoms with Crippen molar-refractivity contribution in [3.05, 3.63) is 0 Å². The molecule has 0 rings (SSSR count). The van der Waals surface area contributed by atoms with Crippen molar-refractivity contribution in [3.8, 4) is 0 Å². The van der Waals surface area contributed by atoms with Crippen LogP contribution in [0.25, 0.3) is 0 Å². The monoisotopic (exact) mass is 1190 g/mol. The third kappa shape index (κ3) is 16.0. The van der Waals surface area contributed by atoms with Gasteiger partial charge in [-0.15, -0.1) is 0 Å². The van der Waals surface area contributed by atoms with Gasteiger partial charge in [0, 0.05) is 172 Å². The fraction of sp³-hybridized carbons (Fsp3) is 0.981. The summed E-state index contributed by atoms with van der Waals surface area (Å²) < 4.78 is 34.2. The van der Waals surface area contributed by atoms with E-state index in [1.165, 1.54) is 6.92 Å². The minimum absolute atomic E-state index is 0.660. The van der Waals surface area contributed by atoms with E-state index in [1.54, 1.807) is 0 Å². The lowest BCUT2D eigenvalue weighted by Gasteiger charge is -2.78. The summed E-state index contributed by atoms with van der Waals surface area (Å²) in [4.78, 5) is 17.9. The molecule has 21 N–H and O–H groups in total. The topological polar surface area (TPSA) is 488 Å². The summed E-state index contributed by atoms with van der Waals surface area (Å²) in [6.45, 7) is -22.5. The van der Waals surface area contributed by atoms with Gasteiger partial charge in [-0.2, -0.15) is 0 Å². The van der Waals surface area contributed by atoms with E-state index in [-0.39, 0.29) is 0 Å². The first-order valence-corrected chi connectivity index (χ1v) is 28.5. The average molecular weight is 1190 g/mol. The van der Waals surface area contributed by atoms with E-state index < -0.39 is 335 Å². The maximum absolute atomic E-state index is 17.9. The minimum Gasteiger partial charge on any atom is -0.466 e. The highest BCUT2D eigenvalue weighted by Crippen LogP contribution is 2.82. The Hall–Kier alpha value is -1.53. The van der Waals surface area contributed by atoms with E-state index in [4.69, 9.17) is 23.7 Å². The van der Waals surface area contributed by atoms with Crippen LogP contribution in [0.15, 0.2) is 0 Å². The Balaban J connectivity index is 13.2. The Labute approximate surface area is 476 Å². The number of hydrogen-bond acceptors (Lipinski definition) is 27. The van der Waals surface area contributed by atoms with Crippen molar-refractivity contribution < 1.29 is 136 Å². The van der Waals surface area contributed by atoms with E-state index in [2.05, 4.69) is 0 Å². The summed E-state index contributed by atoms with van der Waals surface area (Å²) in [5, 5.41) is 245. The lowest BCUT2D eigenvalue weighted by atomic mass is 9.26. The van der Waals surface area contributed by atoms with E-state index in [9.17, 15) is 107 Å². The van der Waals surface area contributed by atoms with Gasteiger partial charge in [-0.25, -0.2) is 0 Å². The van der Waals surface area contributed by atoms with Crippen molar-refractivity contribution >= 4 is 5.97 Å². The van der Waals surface area contributed by atoms with Gasteiger partial charge in [0.1, 0.15) is 0 Å². The molecule has 0 radical (unpaired) electrons. The molecule has 0 fully saturated rings. The van der Waals surface area contributed by atoms with E-state index in [0.29, 0.717) is 0 Å². The van der Waals surface area contributed by atoms with Crippen LogP contribution in [-0.2, 0) is 28.5 Å². The highest BCUT2D eigenvalue weighted by atomic mass is 16.6. The second-order valence-corrected chi connectivity index (χ2v) is 20.9. The summed E-state index contributed by atoms with van der Waals surface area (Å²) in [6, 6.07) is 0. The molecule has 1 atom stereocenters. The molecule has 0 aliphatic rings. The SMILES string of the molecule is CCOC(=O)C(C(CCO)(CCO)C(CCO)(CCO)OCCO)(C(CCO)(CCO)C(CCO)(CCO)OCCO)C(CCO)(CCO)C(CC(O)(CCO)CCO)(OCCO)C(CCO)(CCO)C(CCO)(CCO)OCCO. The van der Waals surface area contributed by atoms with Gasteiger partial charge < -0.3 is 131 Å². The third-order valence-electron chi connectivity index (χ3n) is 17.9. The Morgan fingerprint density at radius 3 is 0.778 bits per heavy atom. The van der Waals surface area contributed by atoms with Crippen LogP contribution in [-0.4, -0.2) is 306 Å². The normalized spacial score (nSPS) is 14.5. The molecule has 0 saturated carbocycles. The van der Waals surface area contributed by atoms with Crippen LogP contribution >= 0.6 is 0 Å². The summed E-state index contributed by atoms with van der Waals surface area (Å²) in [6.07, 6.45) is -14.7. The molecule has 0 bridgehead atoms. The van der Waals surface area contributed by atoms with Crippen LogP contribution in [0, 0.1) is 27.1 Å². The van der Waals surface area contributed by atoms with E-state index in [1.807, 2.05) is 0 Å². The fourth-order valence-corrected chi connectivity index (χ4v) is 15.9. The second kappa shape index (κ2) is 40.0. The molecule has 0 spiro atoms. The van der Waals surface area contributed by atoms with Gasteiger partial charge in [0.05, 0.1) is 92.9 Å². The fourth-order valence-electron chi connectivity index (χ4n) is 15.9. The van der Waals surface area contributed by atoms with Crippen LogP contribution in [0.3, 0.4) is 0 Å². The smallest absolute Gasteiger partial charge is 0.314 e. The summed E-state index contributed by atoms with van der Waals surface area (Å²) in [5.41, 5.74) is -28.2. The molecule has 0 saturated heterocycles. The predicted molar refractivity (Wildman–Crippen MR) is 289 cm³/mol. The molecule has 81 heavy (non-hydrogen) atoms. The number of hydrogen-bond donors (Lipinski definition) is 21. The molecule has 0 aromatic heterocycles. The molecule has 0 aliphatic carbocycles. The van der Waals surface area contributed by atoms with Crippen molar-refractivity contribution in [1.29, 1.82) is 0 Å². The molecular formula is C54H108O27. The molecule has 0 aliphatic heterocycles. The number of aliphatic hydroxyl groups excluding tert-OH is 20. The number of carbonyl (C=O) groups is 1. The zero-order chi connectivity index (χ0) is 61.8. The Morgan fingerprint density at radius 2 is 0.531 bits per heavy atom. The first-order valence-electron chi connectivity index (χ1n) is 28.5. The van der Waals surface area contributed by atoms with Crippen molar-refractivity contribution in [2.45, 2.75) is 144 Å². The van der Waals surface area contributed by atoms with E-state index >= 15 is 4.79 Å². The number of rotatable bonds is 56. The predicted octanol–water partition coefficient (Wildman–Crippen LogP) is -5.29. The van der Waals surface area contributed by atoms with Crippen LogP contribution in [0.5, 0.6) is 0 Å². The first-order chi connectivity index (χ1) is 38.9. The average Bonchev–Trinajstić information content (AvgIpc) is 3.24. The van der Waals surface area contributed by atoms with Gasteiger partial charge in [-0.05, 0) is 71.1 Å². The van der Waals surface area contributed by atoms with Crippen LogP contribution in [0.1, 0.15) is 116 Å². The Morgan fingerprint density at radius 1 is 0.296 bits per heavy atom. The van der Waals surface area contributed by atoms with Crippen LogP contribution in [0.4, 0.5) is 0 Å². The van der Waals surface area contributed by atoms with Crippen molar-refractivity contribution in [2.75, 3.05) is 165 Å². The Kier molecular flexibility index (Phi) is 39.3. The molecule has 0 amide bonds. The summed E-state index contributed by atoms with van der Waals surface area (Å²) >= 11 is 0. The van der Waals surface area contributed by atoms with Crippen LogP contribution < -0.4 is 0 Å². The van der Waals surface area contributed by atoms with Gasteiger partial charge in [-0.1, -0.05) is 0 Å². The third-order valence-corrected chi connectivity index (χ3v) is 17.9. The molecule has 0 heterocycles. The number of esters is 1. The second-order valence-electron chi connectivity index (χ2n) is 20.9. The number of aliphatic hydroxyl groups is 21. The molecule has 27 heteroatoms. The molecule has 486 valence electrons. The van der Waals surface area contributed by atoms with Crippen molar-refractivity contribution in [3.63, 3.8) is 0 Å². The zero-order valence-corrected chi connectivity index (χ0v) is 48.0. The van der Waals surface area contributed by atoms with Gasteiger partial charge in [0.2, 0.25) is 0 Å². The molecular weight excluding hydrogens is 1080 g/mol. The maximum atomic E-state index is 17.9. The number of carbonyl (C=O) groups excluding carboxylic acids is 1. The summed E-state index contributed by atoms with van der Waals surface area (Å²) in [5.74, 6) is -1.56.